The third-order valence-electron chi connectivity index (χ3n) is 3.16. The maximum Gasteiger partial charge on any atom is 0.138 e. The zero-order valence-corrected chi connectivity index (χ0v) is 10.5. The number of benzene rings is 2. The van der Waals surface area contributed by atoms with Crippen molar-refractivity contribution in [2.45, 2.75) is 19.8 Å². The average Bonchev–Trinajstić information content (AvgIpc) is 2.85. The van der Waals surface area contributed by atoms with Crippen LogP contribution in [0.15, 0.2) is 48.5 Å². The highest BCUT2D eigenvalue weighted by atomic mass is 14.9. The van der Waals surface area contributed by atoms with E-state index < -0.39 is 0 Å². The van der Waals surface area contributed by atoms with Gasteiger partial charge in [0.15, 0.2) is 0 Å². The van der Waals surface area contributed by atoms with E-state index >= 15 is 0 Å². The van der Waals surface area contributed by atoms with E-state index in [-0.39, 0.29) is 0 Å². The second-order valence-corrected chi connectivity index (χ2v) is 4.51. The van der Waals surface area contributed by atoms with Gasteiger partial charge in [0.2, 0.25) is 0 Å². The molecule has 18 heavy (non-hydrogen) atoms. The van der Waals surface area contributed by atoms with Crippen LogP contribution in [0.2, 0.25) is 0 Å². The minimum Gasteiger partial charge on any atom is -0.338 e. The Balaban J connectivity index is 2.14. The van der Waals surface area contributed by atoms with E-state index in [4.69, 9.17) is 4.98 Å². The van der Waals surface area contributed by atoms with Crippen molar-refractivity contribution in [3.05, 3.63) is 54.1 Å². The third kappa shape index (κ3) is 1.90. The van der Waals surface area contributed by atoms with Crippen LogP contribution < -0.4 is 0 Å². The molecule has 1 heterocycles. The summed E-state index contributed by atoms with van der Waals surface area (Å²) in [5.74, 6) is 0.953. The van der Waals surface area contributed by atoms with Gasteiger partial charge in [-0.1, -0.05) is 55.8 Å². The number of hydrogen-bond donors (Lipinski definition) is 1. The Morgan fingerprint density at radius 1 is 1.00 bits per heavy atom. The van der Waals surface area contributed by atoms with E-state index in [1.807, 2.05) is 18.2 Å². The Morgan fingerprint density at radius 2 is 1.83 bits per heavy atom. The van der Waals surface area contributed by atoms with Crippen LogP contribution in [0.1, 0.15) is 18.9 Å². The minimum atomic E-state index is 0.953. The summed E-state index contributed by atoms with van der Waals surface area (Å²) < 4.78 is 0. The number of aromatic amines is 1. The number of H-pyrrole nitrogens is 1. The molecule has 1 aromatic heterocycles. The van der Waals surface area contributed by atoms with Crippen LogP contribution in [0.3, 0.4) is 0 Å². The predicted octanol–water partition coefficient (Wildman–Crippen LogP) is 4.18. The number of nitrogens with one attached hydrogen (secondary N) is 1. The second kappa shape index (κ2) is 4.65. The Hall–Kier alpha value is -2.09. The molecule has 90 valence electrons. The van der Waals surface area contributed by atoms with E-state index in [1.54, 1.807) is 0 Å². The van der Waals surface area contributed by atoms with Crippen molar-refractivity contribution in [2.75, 3.05) is 0 Å². The van der Waals surface area contributed by atoms with E-state index in [0.717, 1.165) is 35.3 Å². The maximum absolute atomic E-state index is 4.75. The molecule has 0 aliphatic carbocycles. The fourth-order valence-electron chi connectivity index (χ4n) is 2.30. The van der Waals surface area contributed by atoms with Gasteiger partial charge in [-0.3, -0.25) is 0 Å². The van der Waals surface area contributed by atoms with E-state index in [9.17, 15) is 0 Å². The number of rotatable bonds is 3. The first kappa shape index (κ1) is 11.0. The molecule has 0 saturated carbocycles. The van der Waals surface area contributed by atoms with Gasteiger partial charge in [-0.2, -0.15) is 0 Å². The zero-order valence-electron chi connectivity index (χ0n) is 10.5. The smallest absolute Gasteiger partial charge is 0.138 e. The number of para-hydroxylation sites is 1. The fourth-order valence-corrected chi connectivity index (χ4v) is 2.30. The SMILES string of the molecule is CCCc1cccc2[nH]c(-c3ccccc3)nc12. The Bertz CT molecular complexity index is 653. The molecule has 0 aliphatic heterocycles. The van der Waals surface area contributed by atoms with Gasteiger partial charge in [-0.25, -0.2) is 4.98 Å². The molecule has 0 saturated heterocycles. The first-order valence-electron chi connectivity index (χ1n) is 6.41. The van der Waals surface area contributed by atoms with Crippen molar-refractivity contribution in [2.24, 2.45) is 0 Å². The summed E-state index contributed by atoms with van der Waals surface area (Å²) in [5.41, 5.74) is 4.70. The van der Waals surface area contributed by atoms with Crippen LogP contribution >= 0.6 is 0 Å². The van der Waals surface area contributed by atoms with Crippen molar-refractivity contribution in [1.29, 1.82) is 0 Å². The summed E-state index contributed by atoms with van der Waals surface area (Å²) in [5, 5.41) is 0. The molecule has 0 unspecified atom stereocenters. The van der Waals surface area contributed by atoms with Crippen LogP contribution in [0.5, 0.6) is 0 Å². The van der Waals surface area contributed by atoms with Crippen LogP contribution in [0, 0.1) is 0 Å². The van der Waals surface area contributed by atoms with Gasteiger partial charge in [0, 0.05) is 5.56 Å². The largest absolute Gasteiger partial charge is 0.338 e. The van der Waals surface area contributed by atoms with E-state index in [1.165, 1.54) is 5.56 Å². The summed E-state index contributed by atoms with van der Waals surface area (Å²) in [6.07, 6.45) is 2.23. The van der Waals surface area contributed by atoms with Gasteiger partial charge in [0.1, 0.15) is 5.82 Å². The Kier molecular flexibility index (Phi) is 2.85. The van der Waals surface area contributed by atoms with Crippen molar-refractivity contribution >= 4 is 11.0 Å². The third-order valence-corrected chi connectivity index (χ3v) is 3.16. The molecule has 2 heteroatoms. The normalized spacial score (nSPS) is 10.9. The van der Waals surface area contributed by atoms with Crippen LogP contribution in [-0.4, -0.2) is 9.97 Å². The molecule has 0 aliphatic rings. The highest BCUT2D eigenvalue weighted by molar-refractivity contribution is 5.82. The van der Waals surface area contributed by atoms with Crippen LogP contribution in [-0.2, 0) is 6.42 Å². The molecule has 0 amide bonds. The maximum atomic E-state index is 4.75. The van der Waals surface area contributed by atoms with Crippen LogP contribution in [0.25, 0.3) is 22.4 Å². The Labute approximate surface area is 107 Å². The van der Waals surface area contributed by atoms with Gasteiger partial charge in [-0.15, -0.1) is 0 Å². The van der Waals surface area contributed by atoms with E-state index in [2.05, 4.69) is 42.2 Å². The number of hydrogen-bond acceptors (Lipinski definition) is 1. The standard InChI is InChI=1S/C16H16N2/c1-2-7-12-10-6-11-14-15(12)18-16(17-14)13-8-4-3-5-9-13/h3-6,8-11H,2,7H2,1H3,(H,17,18). The van der Waals surface area contributed by atoms with Gasteiger partial charge in [-0.05, 0) is 18.1 Å². The summed E-state index contributed by atoms with van der Waals surface area (Å²) in [4.78, 5) is 8.15. The molecule has 0 atom stereocenters. The number of aromatic nitrogens is 2. The lowest BCUT2D eigenvalue weighted by molar-refractivity contribution is 0.927. The number of imidazole rings is 1. The number of aryl methyl sites for hydroxylation is 1. The highest BCUT2D eigenvalue weighted by Crippen LogP contribution is 2.23. The highest BCUT2D eigenvalue weighted by Gasteiger charge is 2.07. The molecule has 0 spiro atoms. The van der Waals surface area contributed by atoms with Gasteiger partial charge in [0.25, 0.3) is 0 Å². The zero-order chi connectivity index (χ0) is 12.4. The molecule has 1 N–H and O–H groups in total. The second-order valence-electron chi connectivity index (χ2n) is 4.51. The fraction of sp³-hybridized carbons (Fsp3) is 0.188. The molecule has 2 aromatic carbocycles. The van der Waals surface area contributed by atoms with Gasteiger partial charge < -0.3 is 4.98 Å². The molecular formula is C16H16N2. The van der Waals surface area contributed by atoms with E-state index in [0.29, 0.717) is 0 Å². The quantitative estimate of drug-likeness (QED) is 0.726. The molecule has 3 aromatic rings. The lowest BCUT2D eigenvalue weighted by Crippen LogP contribution is -1.84. The summed E-state index contributed by atoms with van der Waals surface area (Å²) >= 11 is 0. The van der Waals surface area contributed by atoms with Crippen LogP contribution in [0.4, 0.5) is 0 Å². The van der Waals surface area contributed by atoms with Crippen molar-refractivity contribution in [1.82, 2.24) is 9.97 Å². The molecule has 2 nitrogen and oxygen atoms in total. The monoisotopic (exact) mass is 236 g/mol. The number of fused-ring (bicyclic) bond motifs is 1. The Morgan fingerprint density at radius 3 is 2.61 bits per heavy atom. The summed E-state index contributed by atoms with van der Waals surface area (Å²) in [7, 11) is 0. The van der Waals surface area contributed by atoms with Crippen molar-refractivity contribution in [3.63, 3.8) is 0 Å². The number of nitrogens with zero attached hydrogens (tertiary/aromatic N) is 1. The van der Waals surface area contributed by atoms with Crippen molar-refractivity contribution in [3.8, 4) is 11.4 Å². The first-order chi connectivity index (χ1) is 8.88. The average molecular weight is 236 g/mol. The molecule has 0 radical (unpaired) electrons. The lowest BCUT2D eigenvalue weighted by atomic mass is 10.1. The molecule has 0 bridgehead atoms. The lowest BCUT2D eigenvalue weighted by Gasteiger charge is -1.98. The molecule has 3 rings (SSSR count). The molecule has 0 fully saturated rings. The summed E-state index contributed by atoms with van der Waals surface area (Å²) in [6, 6.07) is 16.6. The topological polar surface area (TPSA) is 28.7 Å². The first-order valence-corrected chi connectivity index (χ1v) is 6.41. The minimum absolute atomic E-state index is 0.953. The van der Waals surface area contributed by atoms with Gasteiger partial charge >= 0.3 is 0 Å². The predicted molar refractivity (Wildman–Crippen MR) is 75.5 cm³/mol. The molecular weight excluding hydrogens is 220 g/mol. The summed E-state index contributed by atoms with van der Waals surface area (Å²) in [6.45, 7) is 2.20. The van der Waals surface area contributed by atoms with Crippen molar-refractivity contribution < 1.29 is 0 Å². The van der Waals surface area contributed by atoms with Gasteiger partial charge in [0.05, 0.1) is 11.0 Å².